The molecule has 2 amide bonds. The minimum absolute atomic E-state index is 0.000220. The quantitative estimate of drug-likeness (QED) is 0.244. The highest BCUT2D eigenvalue weighted by molar-refractivity contribution is 7.88. The molecule has 12 heteroatoms. The predicted molar refractivity (Wildman–Crippen MR) is 163 cm³/mol. The average molecular weight is 645 g/mol. The van der Waals surface area contributed by atoms with Crippen LogP contribution in [-0.4, -0.2) is 49.8 Å². The van der Waals surface area contributed by atoms with E-state index in [-0.39, 0.29) is 17.5 Å². The van der Waals surface area contributed by atoms with Crippen molar-refractivity contribution in [3.63, 3.8) is 0 Å². The van der Waals surface area contributed by atoms with Crippen molar-refractivity contribution < 1.29 is 27.6 Å². The molecule has 1 aliphatic carbocycles. The number of carbonyl (C=O) groups excluding carboxylic acids is 3. The van der Waals surface area contributed by atoms with E-state index < -0.39 is 40.0 Å². The lowest BCUT2D eigenvalue weighted by molar-refractivity contribution is -0.138. The Hall–Kier alpha value is -3.28. The molecule has 0 aromatic heterocycles. The van der Waals surface area contributed by atoms with Crippen molar-refractivity contribution in [2.45, 2.75) is 56.3 Å². The van der Waals surface area contributed by atoms with E-state index in [0.29, 0.717) is 45.7 Å². The maximum absolute atomic E-state index is 14.3. The SMILES string of the molecule is CS(=O)(=O)N[C@@H]1CCCC[C@H]1N1C(=O)c2ccccc2[C@@H](C(=O)NOCc2cccc(C=O)c2)[C@@H]1c1ccc(Cl)cc1Cl. The lowest BCUT2D eigenvalue weighted by atomic mass is 9.76. The number of hydroxylamine groups is 1. The zero-order valence-corrected chi connectivity index (χ0v) is 25.7. The van der Waals surface area contributed by atoms with Crippen molar-refractivity contribution in [3.8, 4) is 0 Å². The largest absolute Gasteiger partial charge is 0.326 e. The molecule has 226 valence electrons. The molecule has 1 heterocycles. The molecule has 4 atom stereocenters. The Labute approximate surface area is 260 Å². The third kappa shape index (κ3) is 6.94. The first-order valence-electron chi connectivity index (χ1n) is 13.9. The summed E-state index contributed by atoms with van der Waals surface area (Å²) >= 11 is 13.0. The van der Waals surface area contributed by atoms with E-state index in [0.717, 1.165) is 25.4 Å². The Balaban J connectivity index is 1.58. The molecule has 3 aromatic carbocycles. The fourth-order valence-electron chi connectivity index (χ4n) is 6.14. The number of sulfonamides is 1. The monoisotopic (exact) mass is 643 g/mol. The summed E-state index contributed by atoms with van der Waals surface area (Å²) in [5.41, 5.74) is 5.04. The molecule has 5 rings (SSSR count). The Morgan fingerprint density at radius 3 is 2.53 bits per heavy atom. The summed E-state index contributed by atoms with van der Waals surface area (Å²) in [6.07, 6.45) is 4.45. The fourth-order valence-corrected chi connectivity index (χ4v) is 7.48. The Morgan fingerprint density at radius 2 is 1.79 bits per heavy atom. The number of hydrogen-bond acceptors (Lipinski definition) is 6. The van der Waals surface area contributed by atoms with Crippen LogP contribution in [0.25, 0.3) is 0 Å². The Bertz CT molecular complexity index is 1650. The van der Waals surface area contributed by atoms with Gasteiger partial charge in [-0.05, 0) is 53.8 Å². The first kappa shape index (κ1) is 31.2. The van der Waals surface area contributed by atoms with Gasteiger partial charge in [-0.2, -0.15) is 0 Å². The predicted octanol–water partition coefficient (Wildman–Crippen LogP) is 5.20. The van der Waals surface area contributed by atoms with Gasteiger partial charge in [-0.15, -0.1) is 0 Å². The lowest BCUT2D eigenvalue weighted by Crippen LogP contribution is -2.59. The van der Waals surface area contributed by atoms with Gasteiger partial charge in [-0.3, -0.25) is 19.2 Å². The lowest BCUT2D eigenvalue weighted by Gasteiger charge is -2.49. The molecule has 1 aliphatic heterocycles. The van der Waals surface area contributed by atoms with Crippen molar-refractivity contribution >= 4 is 51.3 Å². The van der Waals surface area contributed by atoms with Gasteiger partial charge in [0.1, 0.15) is 6.29 Å². The molecule has 2 N–H and O–H groups in total. The van der Waals surface area contributed by atoms with Gasteiger partial charge in [0.05, 0.1) is 24.8 Å². The molecule has 2 aliphatic rings. The topological polar surface area (TPSA) is 122 Å². The van der Waals surface area contributed by atoms with Gasteiger partial charge in [0, 0.05) is 33.3 Å². The molecular formula is C31H31Cl2N3O6S. The first-order chi connectivity index (χ1) is 20.6. The van der Waals surface area contributed by atoms with Crippen LogP contribution in [0.5, 0.6) is 0 Å². The van der Waals surface area contributed by atoms with E-state index in [1.165, 1.54) is 0 Å². The standard InChI is InChI=1S/C31H31Cl2N3O6S/c1-43(40,41)35-26-11-4-5-12-27(26)36-29(24-14-13-21(32)16-25(24)33)28(22-9-2-3-10-23(22)31(36)39)30(38)34-42-18-20-8-6-7-19(15-20)17-37/h2-3,6-10,13-17,26-29,35H,4-5,11-12,18H2,1H3,(H,34,38)/t26-,27-,28-,29+/m1/s1. The Morgan fingerprint density at radius 1 is 1.02 bits per heavy atom. The van der Waals surface area contributed by atoms with Crippen LogP contribution in [-0.2, 0) is 26.3 Å². The van der Waals surface area contributed by atoms with E-state index in [1.807, 2.05) is 0 Å². The fraction of sp³-hybridized carbons (Fsp3) is 0.323. The third-order valence-corrected chi connectivity index (χ3v) is 9.18. The maximum Gasteiger partial charge on any atom is 0.255 e. The van der Waals surface area contributed by atoms with Crippen LogP contribution in [0.1, 0.15) is 75.0 Å². The zero-order valence-electron chi connectivity index (χ0n) is 23.3. The Kier molecular flexibility index (Phi) is 9.53. The van der Waals surface area contributed by atoms with Crippen LogP contribution >= 0.6 is 23.2 Å². The molecule has 0 radical (unpaired) electrons. The van der Waals surface area contributed by atoms with Crippen LogP contribution in [0.15, 0.2) is 66.7 Å². The van der Waals surface area contributed by atoms with Crippen molar-refractivity contribution in [3.05, 3.63) is 105 Å². The van der Waals surface area contributed by atoms with Crippen molar-refractivity contribution in [2.24, 2.45) is 0 Å². The average Bonchev–Trinajstić information content (AvgIpc) is 2.97. The molecule has 0 spiro atoms. The number of halogens is 2. The van der Waals surface area contributed by atoms with E-state index in [9.17, 15) is 22.8 Å². The number of fused-ring (bicyclic) bond motifs is 1. The molecule has 0 saturated heterocycles. The molecule has 1 fully saturated rings. The van der Waals surface area contributed by atoms with Crippen LogP contribution in [0.2, 0.25) is 10.0 Å². The van der Waals surface area contributed by atoms with Crippen LogP contribution in [0, 0.1) is 0 Å². The smallest absolute Gasteiger partial charge is 0.255 e. The number of benzene rings is 3. The zero-order chi connectivity index (χ0) is 30.7. The molecule has 3 aromatic rings. The molecule has 1 saturated carbocycles. The number of carbonyl (C=O) groups is 3. The normalized spacial score (nSPS) is 22.1. The highest BCUT2D eigenvalue weighted by Crippen LogP contribution is 2.47. The second kappa shape index (κ2) is 13.2. The van der Waals surface area contributed by atoms with Crippen LogP contribution < -0.4 is 10.2 Å². The molecule has 0 bridgehead atoms. The number of rotatable bonds is 9. The summed E-state index contributed by atoms with van der Waals surface area (Å²) in [7, 11) is -3.60. The summed E-state index contributed by atoms with van der Waals surface area (Å²) in [6.45, 7) is -0.000220. The first-order valence-corrected chi connectivity index (χ1v) is 16.5. The van der Waals surface area contributed by atoms with Gasteiger partial charge >= 0.3 is 0 Å². The molecule has 43 heavy (non-hydrogen) atoms. The second-order valence-electron chi connectivity index (χ2n) is 10.9. The second-order valence-corrected chi connectivity index (χ2v) is 13.5. The number of nitrogens with zero attached hydrogens (tertiary/aromatic N) is 1. The van der Waals surface area contributed by atoms with Gasteiger partial charge in [0.2, 0.25) is 10.0 Å². The molecular weight excluding hydrogens is 613 g/mol. The van der Waals surface area contributed by atoms with Crippen LogP contribution in [0.4, 0.5) is 0 Å². The minimum Gasteiger partial charge on any atom is -0.326 e. The van der Waals surface area contributed by atoms with Gasteiger partial charge < -0.3 is 4.90 Å². The molecule has 0 unspecified atom stereocenters. The number of aldehydes is 1. The van der Waals surface area contributed by atoms with Crippen molar-refractivity contribution in [1.82, 2.24) is 15.1 Å². The summed E-state index contributed by atoms with van der Waals surface area (Å²) in [5.74, 6) is -1.81. The number of nitrogens with one attached hydrogen (secondary N) is 2. The van der Waals surface area contributed by atoms with Crippen LogP contribution in [0.3, 0.4) is 0 Å². The highest BCUT2D eigenvalue weighted by atomic mass is 35.5. The van der Waals surface area contributed by atoms with E-state index in [1.54, 1.807) is 71.6 Å². The van der Waals surface area contributed by atoms with E-state index in [4.69, 9.17) is 28.0 Å². The number of amides is 2. The minimum atomic E-state index is -3.60. The molecule has 9 nitrogen and oxygen atoms in total. The maximum atomic E-state index is 14.3. The van der Waals surface area contributed by atoms with E-state index >= 15 is 0 Å². The summed E-state index contributed by atoms with van der Waals surface area (Å²) in [5, 5.41) is 0.654. The van der Waals surface area contributed by atoms with Gasteiger partial charge in [0.15, 0.2) is 0 Å². The highest BCUT2D eigenvalue weighted by Gasteiger charge is 2.49. The van der Waals surface area contributed by atoms with Gasteiger partial charge in [-0.25, -0.2) is 18.6 Å². The van der Waals surface area contributed by atoms with Gasteiger partial charge in [0.25, 0.3) is 11.8 Å². The summed E-state index contributed by atoms with van der Waals surface area (Å²) < 4.78 is 27.4. The van der Waals surface area contributed by atoms with Crippen molar-refractivity contribution in [1.29, 1.82) is 0 Å². The van der Waals surface area contributed by atoms with Gasteiger partial charge in [-0.1, -0.05) is 78.5 Å². The third-order valence-electron chi connectivity index (χ3n) is 7.89. The number of hydrogen-bond donors (Lipinski definition) is 2. The van der Waals surface area contributed by atoms with Crippen molar-refractivity contribution in [2.75, 3.05) is 6.26 Å². The summed E-state index contributed by atoms with van der Waals surface area (Å²) in [4.78, 5) is 46.8. The van der Waals surface area contributed by atoms with E-state index in [2.05, 4.69) is 10.2 Å². The summed E-state index contributed by atoms with van der Waals surface area (Å²) in [6, 6.07) is 16.6.